The zero-order valence-electron chi connectivity index (χ0n) is 9.89. The SMILES string of the molecule is CCC(=O)O[C@]1(C)C(=O)C=C(C)C(Cl)=C1C. The van der Waals surface area contributed by atoms with E-state index in [-0.39, 0.29) is 12.2 Å². The van der Waals surface area contributed by atoms with Gasteiger partial charge in [0.25, 0.3) is 0 Å². The van der Waals surface area contributed by atoms with Crippen molar-refractivity contribution in [2.75, 3.05) is 0 Å². The van der Waals surface area contributed by atoms with Crippen molar-refractivity contribution in [1.82, 2.24) is 0 Å². The molecule has 1 rings (SSSR count). The molecule has 0 fully saturated rings. The van der Waals surface area contributed by atoms with Gasteiger partial charge in [0, 0.05) is 11.5 Å². The van der Waals surface area contributed by atoms with E-state index in [0.717, 1.165) is 0 Å². The summed E-state index contributed by atoms with van der Waals surface area (Å²) in [7, 11) is 0. The molecule has 0 bridgehead atoms. The quantitative estimate of drug-likeness (QED) is 0.700. The first-order valence-corrected chi connectivity index (χ1v) is 5.52. The molecule has 0 saturated heterocycles. The van der Waals surface area contributed by atoms with E-state index in [2.05, 4.69) is 0 Å². The molecular formula is C12H15ClO3. The number of hydrogen-bond donors (Lipinski definition) is 0. The van der Waals surface area contributed by atoms with Gasteiger partial charge in [0.2, 0.25) is 5.78 Å². The van der Waals surface area contributed by atoms with Gasteiger partial charge in [-0.05, 0) is 38.0 Å². The van der Waals surface area contributed by atoms with Crippen molar-refractivity contribution in [2.45, 2.75) is 39.7 Å². The number of ketones is 1. The minimum atomic E-state index is -1.25. The largest absolute Gasteiger partial charge is 0.446 e. The Hall–Kier alpha value is -1.09. The van der Waals surface area contributed by atoms with Gasteiger partial charge < -0.3 is 4.74 Å². The summed E-state index contributed by atoms with van der Waals surface area (Å²) < 4.78 is 5.20. The lowest BCUT2D eigenvalue weighted by Gasteiger charge is -2.31. The zero-order valence-corrected chi connectivity index (χ0v) is 10.6. The van der Waals surface area contributed by atoms with Crippen LogP contribution in [0.2, 0.25) is 0 Å². The highest BCUT2D eigenvalue weighted by molar-refractivity contribution is 6.33. The van der Waals surface area contributed by atoms with Crippen molar-refractivity contribution < 1.29 is 14.3 Å². The molecule has 0 unspecified atom stereocenters. The van der Waals surface area contributed by atoms with Crippen LogP contribution in [0.4, 0.5) is 0 Å². The number of carbonyl (C=O) groups is 2. The fourth-order valence-corrected chi connectivity index (χ4v) is 1.75. The maximum Gasteiger partial charge on any atom is 0.306 e. The molecule has 1 aliphatic rings. The molecule has 0 saturated carbocycles. The summed E-state index contributed by atoms with van der Waals surface area (Å²) in [5, 5.41) is 0.492. The van der Waals surface area contributed by atoms with Crippen LogP contribution in [-0.2, 0) is 14.3 Å². The van der Waals surface area contributed by atoms with E-state index in [1.165, 1.54) is 6.08 Å². The summed E-state index contributed by atoms with van der Waals surface area (Å²) in [6, 6.07) is 0. The smallest absolute Gasteiger partial charge is 0.306 e. The van der Waals surface area contributed by atoms with E-state index in [4.69, 9.17) is 16.3 Å². The Balaban J connectivity index is 3.14. The van der Waals surface area contributed by atoms with Crippen molar-refractivity contribution in [3.63, 3.8) is 0 Å². The highest BCUT2D eigenvalue weighted by Gasteiger charge is 2.41. The average Bonchev–Trinajstić information content (AvgIpc) is 2.24. The second-order valence-corrected chi connectivity index (χ2v) is 4.37. The summed E-state index contributed by atoms with van der Waals surface area (Å²) in [6.07, 6.45) is 1.65. The van der Waals surface area contributed by atoms with E-state index in [9.17, 15) is 9.59 Å². The average molecular weight is 243 g/mol. The van der Waals surface area contributed by atoms with Crippen LogP contribution in [0.25, 0.3) is 0 Å². The van der Waals surface area contributed by atoms with Gasteiger partial charge in [-0.2, -0.15) is 0 Å². The third kappa shape index (κ3) is 2.05. The Bertz CT molecular complexity index is 406. The minimum Gasteiger partial charge on any atom is -0.446 e. The molecule has 1 aliphatic carbocycles. The summed E-state index contributed by atoms with van der Waals surface area (Å²) in [5.41, 5.74) is 0.0408. The van der Waals surface area contributed by atoms with E-state index in [0.29, 0.717) is 16.2 Å². The lowest BCUT2D eigenvalue weighted by atomic mass is 9.85. The third-order valence-electron chi connectivity index (χ3n) is 2.82. The fourth-order valence-electron chi connectivity index (χ4n) is 1.51. The van der Waals surface area contributed by atoms with E-state index < -0.39 is 11.6 Å². The predicted octanol–water partition coefficient (Wildman–Crippen LogP) is 2.74. The molecule has 0 N–H and O–H groups in total. The molecule has 0 aromatic carbocycles. The van der Waals surface area contributed by atoms with Crippen LogP contribution in [0, 0.1) is 0 Å². The first kappa shape index (κ1) is 13.0. The van der Waals surface area contributed by atoms with Crippen molar-refractivity contribution in [1.29, 1.82) is 0 Å². The molecule has 0 heterocycles. The van der Waals surface area contributed by atoms with Crippen LogP contribution in [-0.4, -0.2) is 17.4 Å². The number of carbonyl (C=O) groups excluding carboxylic acids is 2. The van der Waals surface area contributed by atoms with Crippen molar-refractivity contribution in [2.24, 2.45) is 0 Å². The fraction of sp³-hybridized carbons (Fsp3) is 0.500. The van der Waals surface area contributed by atoms with Gasteiger partial charge in [-0.15, -0.1) is 0 Å². The van der Waals surface area contributed by atoms with Crippen LogP contribution >= 0.6 is 11.6 Å². The van der Waals surface area contributed by atoms with Crippen molar-refractivity contribution in [3.05, 3.63) is 22.3 Å². The molecule has 0 aromatic rings. The minimum absolute atomic E-state index is 0.233. The molecule has 88 valence electrons. The lowest BCUT2D eigenvalue weighted by molar-refractivity contribution is -0.160. The predicted molar refractivity (Wildman–Crippen MR) is 62.1 cm³/mol. The number of esters is 1. The van der Waals surface area contributed by atoms with Gasteiger partial charge in [-0.25, -0.2) is 0 Å². The van der Waals surface area contributed by atoms with Crippen LogP contribution in [0.5, 0.6) is 0 Å². The first-order valence-electron chi connectivity index (χ1n) is 5.14. The summed E-state index contributed by atoms with van der Waals surface area (Å²) >= 11 is 6.06. The van der Waals surface area contributed by atoms with Crippen LogP contribution in [0.3, 0.4) is 0 Å². The van der Waals surface area contributed by atoms with Gasteiger partial charge >= 0.3 is 5.97 Å². The Morgan fingerprint density at radius 2 is 2.06 bits per heavy atom. The topological polar surface area (TPSA) is 43.4 Å². The van der Waals surface area contributed by atoms with Crippen LogP contribution < -0.4 is 0 Å². The van der Waals surface area contributed by atoms with Crippen molar-refractivity contribution in [3.8, 4) is 0 Å². The van der Waals surface area contributed by atoms with Gasteiger partial charge in [0.1, 0.15) is 0 Å². The van der Waals surface area contributed by atoms with E-state index in [1.54, 1.807) is 27.7 Å². The Morgan fingerprint density at radius 1 is 1.50 bits per heavy atom. The molecular weight excluding hydrogens is 228 g/mol. The standard InChI is InChI=1S/C12H15ClO3/c1-5-10(15)16-12(4)8(3)11(13)7(2)6-9(12)14/h6H,5H2,1-4H3/t12-/m0/s1. The third-order valence-corrected chi connectivity index (χ3v) is 3.40. The number of rotatable bonds is 2. The normalized spacial score (nSPS) is 25.6. The molecule has 4 heteroatoms. The molecule has 0 radical (unpaired) electrons. The highest BCUT2D eigenvalue weighted by atomic mass is 35.5. The Labute approximate surface area is 100 Å². The number of hydrogen-bond acceptors (Lipinski definition) is 3. The van der Waals surface area contributed by atoms with Crippen molar-refractivity contribution >= 4 is 23.4 Å². The molecule has 0 aliphatic heterocycles. The van der Waals surface area contributed by atoms with Gasteiger partial charge in [0.15, 0.2) is 5.60 Å². The molecule has 0 amide bonds. The van der Waals surface area contributed by atoms with Crippen LogP contribution in [0.15, 0.2) is 22.3 Å². The monoisotopic (exact) mass is 242 g/mol. The highest BCUT2D eigenvalue weighted by Crippen LogP contribution is 2.35. The molecule has 0 spiro atoms. The van der Waals surface area contributed by atoms with Crippen LogP contribution in [0.1, 0.15) is 34.1 Å². The molecule has 0 aromatic heterocycles. The summed E-state index contributed by atoms with van der Waals surface area (Å²) in [4.78, 5) is 23.2. The second-order valence-electron chi connectivity index (χ2n) is 3.99. The zero-order chi connectivity index (χ0) is 12.5. The van der Waals surface area contributed by atoms with Gasteiger partial charge in [-0.1, -0.05) is 18.5 Å². The first-order chi connectivity index (χ1) is 7.32. The number of halogens is 1. The van der Waals surface area contributed by atoms with Gasteiger partial charge in [0.05, 0.1) is 0 Å². The maximum atomic E-state index is 11.9. The summed E-state index contributed by atoms with van der Waals surface area (Å²) in [6.45, 7) is 6.72. The van der Waals surface area contributed by atoms with E-state index >= 15 is 0 Å². The molecule has 1 atom stereocenters. The Kier molecular flexibility index (Phi) is 3.58. The van der Waals surface area contributed by atoms with Gasteiger partial charge in [-0.3, -0.25) is 9.59 Å². The molecule has 3 nitrogen and oxygen atoms in total. The number of ether oxygens (including phenoxy) is 1. The second kappa shape index (κ2) is 4.42. The lowest BCUT2D eigenvalue weighted by Crippen LogP contribution is -2.42. The maximum absolute atomic E-state index is 11.9. The summed E-state index contributed by atoms with van der Waals surface area (Å²) in [5.74, 6) is -0.652. The van der Waals surface area contributed by atoms with E-state index in [1.807, 2.05) is 0 Å². The number of allylic oxidation sites excluding steroid dienone is 2. The molecule has 16 heavy (non-hydrogen) atoms. The Morgan fingerprint density at radius 3 is 2.56 bits per heavy atom.